The van der Waals surface area contributed by atoms with E-state index in [0.29, 0.717) is 0 Å². The molecule has 21 heavy (non-hydrogen) atoms. The largest absolute Gasteiger partial charge is 0.497 e. The van der Waals surface area contributed by atoms with Crippen molar-refractivity contribution in [3.8, 4) is 5.75 Å². The van der Waals surface area contributed by atoms with Crippen molar-refractivity contribution in [2.45, 2.75) is 18.9 Å². The van der Waals surface area contributed by atoms with Crippen molar-refractivity contribution < 1.29 is 14.3 Å². The van der Waals surface area contributed by atoms with Crippen molar-refractivity contribution in [2.24, 2.45) is 0 Å². The monoisotopic (exact) mass is 286 g/mol. The van der Waals surface area contributed by atoms with Crippen molar-refractivity contribution in [1.82, 2.24) is 4.98 Å². The molecule has 1 atom stereocenters. The lowest BCUT2D eigenvalue weighted by molar-refractivity contribution is -0.141. The average Bonchev–Trinajstić information content (AvgIpc) is 3.02. The fourth-order valence-corrected chi connectivity index (χ4v) is 2.90. The summed E-state index contributed by atoms with van der Waals surface area (Å²) >= 11 is 0. The maximum atomic E-state index is 11.9. The first-order chi connectivity index (χ1) is 10.2. The smallest absolute Gasteiger partial charge is 0.328 e. The van der Waals surface area contributed by atoms with Gasteiger partial charge in [0.1, 0.15) is 17.6 Å². The van der Waals surface area contributed by atoms with Gasteiger partial charge in [-0.05, 0) is 42.5 Å². The number of rotatable bonds is 3. The number of methoxy groups -OCH3 is 2. The number of hydrogen-bond donors (Lipinski definition) is 0. The van der Waals surface area contributed by atoms with Crippen molar-refractivity contribution in [3.05, 3.63) is 30.5 Å². The van der Waals surface area contributed by atoms with Crippen LogP contribution in [0.1, 0.15) is 12.8 Å². The summed E-state index contributed by atoms with van der Waals surface area (Å²) < 4.78 is 10.2. The summed E-state index contributed by atoms with van der Waals surface area (Å²) in [6, 6.07) is 7.59. The second-order valence-electron chi connectivity index (χ2n) is 5.10. The Morgan fingerprint density at radius 2 is 2.19 bits per heavy atom. The van der Waals surface area contributed by atoms with Crippen LogP contribution in [0.3, 0.4) is 0 Å². The first-order valence-electron chi connectivity index (χ1n) is 7.02. The Kier molecular flexibility index (Phi) is 3.64. The maximum Gasteiger partial charge on any atom is 0.328 e. The maximum absolute atomic E-state index is 11.9. The van der Waals surface area contributed by atoms with Gasteiger partial charge < -0.3 is 14.4 Å². The van der Waals surface area contributed by atoms with E-state index in [-0.39, 0.29) is 12.0 Å². The van der Waals surface area contributed by atoms with Gasteiger partial charge in [0.15, 0.2) is 0 Å². The molecule has 1 fully saturated rings. The van der Waals surface area contributed by atoms with E-state index >= 15 is 0 Å². The van der Waals surface area contributed by atoms with Crippen LogP contribution in [0.4, 0.5) is 5.82 Å². The van der Waals surface area contributed by atoms with E-state index in [2.05, 4.69) is 4.98 Å². The number of aromatic nitrogens is 1. The molecular formula is C16H18N2O3. The highest BCUT2D eigenvalue weighted by atomic mass is 16.5. The average molecular weight is 286 g/mol. The minimum absolute atomic E-state index is 0.195. The molecule has 0 amide bonds. The molecule has 2 aromatic rings. The number of carbonyl (C=O) groups excluding carboxylic acids is 1. The van der Waals surface area contributed by atoms with Crippen LogP contribution < -0.4 is 9.64 Å². The molecule has 5 heteroatoms. The molecule has 0 saturated carbocycles. The number of pyridine rings is 1. The molecule has 0 radical (unpaired) electrons. The normalized spacial score (nSPS) is 18.0. The molecule has 0 aliphatic carbocycles. The lowest BCUT2D eigenvalue weighted by Crippen LogP contribution is -2.37. The number of carbonyl (C=O) groups is 1. The van der Waals surface area contributed by atoms with Crippen LogP contribution >= 0.6 is 0 Å². The minimum Gasteiger partial charge on any atom is -0.497 e. The van der Waals surface area contributed by atoms with Crippen LogP contribution in [-0.2, 0) is 9.53 Å². The quantitative estimate of drug-likeness (QED) is 0.811. The number of benzene rings is 1. The van der Waals surface area contributed by atoms with Gasteiger partial charge in [-0.25, -0.2) is 9.78 Å². The highest BCUT2D eigenvalue weighted by Gasteiger charge is 2.33. The second-order valence-corrected chi connectivity index (χ2v) is 5.10. The van der Waals surface area contributed by atoms with E-state index < -0.39 is 0 Å². The van der Waals surface area contributed by atoms with E-state index in [4.69, 9.17) is 9.47 Å². The fraction of sp³-hybridized carbons (Fsp3) is 0.375. The summed E-state index contributed by atoms with van der Waals surface area (Å²) in [6.45, 7) is 0.817. The van der Waals surface area contributed by atoms with E-state index in [1.165, 1.54) is 7.11 Å². The Hall–Kier alpha value is -2.30. The molecule has 5 nitrogen and oxygen atoms in total. The molecule has 1 aliphatic rings. The molecule has 1 aromatic heterocycles. The van der Waals surface area contributed by atoms with Gasteiger partial charge in [0.25, 0.3) is 0 Å². The number of esters is 1. The Morgan fingerprint density at radius 3 is 2.95 bits per heavy atom. The number of anilines is 1. The number of hydrogen-bond acceptors (Lipinski definition) is 5. The third kappa shape index (κ3) is 2.39. The number of fused-ring (bicyclic) bond motifs is 1. The van der Waals surface area contributed by atoms with Crippen LogP contribution in [0.25, 0.3) is 10.8 Å². The van der Waals surface area contributed by atoms with Crippen LogP contribution in [0.2, 0.25) is 0 Å². The Morgan fingerprint density at radius 1 is 1.33 bits per heavy atom. The Labute approximate surface area is 123 Å². The van der Waals surface area contributed by atoms with Crippen molar-refractivity contribution in [3.63, 3.8) is 0 Å². The predicted molar refractivity (Wildman–Crippen MR) is 80.7 cm³/mol. The van der Waals surface area contributed by atoms with E-state index in [9.17, 15) is 4.79 Å². The second kappa shape index (κ2) is 5.60. The third-order valence-electron chi connectivity index (χ3n) is 3.95. The summed E-state index contributed by atoms with van der Waals surface area (Å²) in [5.74, 6) is 1.45. The zero-order chi connectivity index (χ0) is 14.8. The summed E-state index contributed by atoms with van der Waals surface area (Å²) in [6.07, 6.45) is 3.54. The van der Waals surface area contributed by atoms with Crippen molar-refractivity contribution in [1.29, 1.82) is 0 Å². The first-order valence-corrected chi connectivity index (χ1v) is 7.02. The third-order valence-corrected chi connectivity index (χ3v) is 3.95. The van der Waals surface area contributed by atoms with Gasteiger partial charge in [0, 0.05) is 18.1 Å². The summed E-state index contributed by atoms with van der Waals surface area (Å²) in [5, 5.41) is 2.07. The van der Waals surface area contributed by atoms with Crippen molar-refractivity contribution in [2.75, 3.05) is 25.7 Å². The van der Waals surface area contributed by atoms with E-state index in [1.54, 1.807) is 13.3 Å². The van der Waals surface area contributed by atoms with Gasteiger partial charge in [-0.15, -0.1) is 0 Å². The van der Waals surface area contributed by atoms with Crippen LogP contribution in [-0.4, -0.2) is 37.8 Å². The van der Waals surface area contributed by atoms with E-state index in [0.717, 1.165) is 41.7 Å². The SMILES string of the molecule is COC(=O)C1CCCN1c1nccc2cc(OC)ccc12. The van der Waals surface area contributed by atoms with Gasteiger partial charge in [-0.2, -0.15) is 0 Å². The van der Waals surface area contributed by atoms with Crippen molar-refractivity contribution >= 4 is 22.6 Å². The topological polar surface area (TPSA) is 51.7 Å². The Balaban J connectivity index is 2.05. The Bertz CT molecular complexity index is 672. The molecule has 1 aliphatic heterocycles. The molecule has 0 bridgehead atoms. The highest BCUT2D eigenvalue weighted by molar-refractivity contribution is 5.95. The van der Waals surface area contributed by atoms with Crippen LogP contribution in [0, 0.1) is 0 Å². The van der Waals surface area contributed by atoms with Crippen LogP contribution in [0.5, 0.6) is 5.75 Å². The van der Waals surface area contributed by atoms with E-state index in [1.807, 2.05) is 29.2 Å². The molecule has 0 spiro atoms. The molecule has 110 valence electrons. The standard InChI is InChI=1S/C16H18N2O3/c1-20-12-5-6-13-11(10-12)7-8-17-15(13)18-9-3-4-14(18)16(19)21-2/h5-8,10,14H,3-4,9H2,1-2H3. The summed E-state index contributed by atoms with van der Waals surface area (Å²) in [7, 11) is 3.08. The van der Waals surface area contributed by atoms with Gasteiger partial charge in [0.2, 0.25) is 0 Å². The van der Waals surface area contributed by atoms with Gasteiger partial charge in [-0.1, -0.05) is 0 Å². The number of nitrogens with zero attached hydrogens (tertiary/aromatic N) is 2. The predicted octanol–water partition coefficient (Wildman–Crippen LogP) is 2.39. The minimum atomic E-state index is -0.241. The zero-order valence-corrected chi connectivity index (χ0v) is 12.2. The first kappa shape index (κ1) is 13.7. The molecule has 1 saturated heterocycles. The van der Waals surface area contributed by atoms with Gasteiger partial charge in [-0.3, -0.25) is 0 Å². The lowest BCUT2D eigenvalue weighted by atomic mass is 10.1. The number of ether oxygens (including phenoxy) is 2. The molecule has 3 rings (SSSR count). The van der Waals surface area contributed by atoms with Gasteiger partial charge >= 0.3 is 5.97 Å². The lowest BCUT2D eigenvalue weighted by Gasteiger charge is -2.24. The summed E-state index contributed by atoms with van der Waals surface area (Å²) in [4.78, 5) is 18.5. The highest BCUT2D eigenvalue weighted by Crippen LogP contribution is 2.32. The molecule has 2 heterocycles. The molecule has 1 aromatic carbocycles. The zero-order valence-electron chi connectivity index (χ0n) is 12.2. The molecular weight excluding hydrogens is 268 g/mol. The van der Waals surface area contributed by atoms with Crippen LogP contribution in [0.15, 0.2) is 30.5 Å². The molecule has 0 N–H and O–H groups in total. The fourth-order valence-electron chi connectivity index (χ4n) is 2.90. The summed E-state index contributed by atoms with van der Waals surface area (Å²) in [5.41, 5.74) is 0. The molecule has 1 unspecified atom stereocenters. The van der Waals surface area contributed by atoms with Gasteiger partial charge in [0.05, 0.1) is 14.2 Å².